The molecular weight excluding hydrogens is 252 g/mol. The Morgan fingerprint density at radius 1 is 1.53 bits per heavy atom. The van der Waals surface area contributed by atoms with Crippen LogP contribution in [0.4, 0.5) is 0 Å². The van der Waals surface area contributed by atoms with E-state index in [0.29, 0.717) is 6.04 Å². The van der Waals surface area contributed by atoms with Crippen LogP contribution in [0, 0.1) is 0 Å². The second kappa shape index (κ2) is 7.96. The van der Waals surface area contributed by atoms with Crippen LogP contribution >= 0.6 is 23.4 Å². The van der Waals surface area contributed by atoms with Crippen LogP contribution in [0.1, 0.15) is 25.8 Å². The molecule has 1 N–H and O–H groups in total. The van der Waals surface area contributed by atoms with Gasteiger partial charge in [-0.3, -0.25) is 4.98 Å². The van der Waals surface area contributed by atoms with E-state index in [2.05, 4.69) is 24.1 Å². The number of pyridine rings is 1. The molecule has 2 unspecified atom stereocenters. The average molecular weight is 273 g/mol. The minimum Gasteiger partial charge on any atom is -0.316 e. The molecule has 0 amide bonds. The van der Waals surface area contributed by atoms with Gasteiger partial charge in [-0.15, -0.1) is 0 Å². The zero-order chi connectivity index (χ0) is 12.7. The molecule has 17 heavy (non-hydrogen) atoms. The first-order valence-electron chi connectivity index (χ1n) is 6.04. The minimum absolute atomic E-state index is 0.467. The first-order valence-corrected chi connectivity index (χ1v) is 7.47. The molecule has 0 aromatic carbocycles. The fourth-order valence-corrected chi connectivity index (χ4v) is 2.76. The monoisotopic (exact) mass is 272 g/mol. The fourth-order valence-electron chi connectivity index (χ4n) is 1.48. The van der Waals surface area contributed by atoms with Crippen molar-refractivity contribution in [2.45, 2.75) is 38.0 Å². The van der Waals surface area contributed by atoms with E-state index in [1.54, 1.807) is 12.4 Å². The molecule has 0 radical (unpaired) electrons. The van der Waals surface area contributed by atoms with E-state index in [4.69, 9.17) is 11.6 Å². The Hall–Kier alpha value is -0.250. The van der Waals surface area contributed by atoms with Gasteiger partial charge in [0, 0.05) is 29.4 Å². The molecule has 2 nitrogen and oxygen atoms in total. The number of likely N-dealkylation sites (N-methyl/N-ethyl adjacent to an activating group) is 1. The third-order valence-electron chi connectivity index (χ3n) is 2.89. The summed E-state index contributed by atoms with van der Waals surface area (Å²) in [6, 6.07) is 2.47. The second-order valence-corrected chi connectivity index (χ2v) is 6.09. The lowest BCUT2D eigenvalue weighted by atomic mass is 10.1. The number of nitrogens with one attached hydrogen (secondary N) is 1. The lowest BCUT2D eigenvalue weighted by Crippen LogP contribution is -2.30. The Balaban J connectivity index is 2.49. The quantitative estimate of drug-likeness (QED) is 0.824. The van der Waals surface area contributed by atoms with Gasteiger partial charge in [-0.05, 0) is 31.5 Å². The number of hydrogen-bond donors (Lipinski definition) is 1. The van der Waals surface area contributed by atoms with Crippen molar-refractivity contribution < 1.29 is 0 Å². The van der Waals surface area contributed by atoms with Gasteiger partial charge in [0.25, 0.3) is 0 Å². The van der Waals surface area contributed by atoms with Gasteiger partial charge in [0.1, 0.15) is 0 Å². The van der Waals surface area contributed by atoms with Crippen molar-refractivity contribution in [1.29, 1.82) is 0 Å². The van der Waals surface area contributed by atoms with Gasteiger partial charge in [-0.1, -0.05) is 25.4 Å². The summed E-state index contributed by atoms with van der Waals surface area (Å²) < 4.78 is 0. The van der Waals surface area contributed by atoms with Crippen LogP contribution < -0.4 is 5.32 Å². The first-order chi connectivity index (χ1) is 8.17. The summed E-state index contributed by atoms with van der Waals surface area (Å²) in [4.78, 5) is 4.01. The highest BCUT2D eigenvalue weighted by atomic mass is 35.5. The molecule has 1 heterocycles. The third-order valence-corrected chi connectivity index (χ3v) is 4.73. The number of rotatable bonds is 7. The third kappa shape index (κ3) is 5.28. The van der Waals surface area contributed by atoms with Gasteiger partial charge in [-0.2, -0.15) is 11.8 Å². The summed E-state index contributed by atoms with van der Waals surface area (Å²) in [5.41, 5.74) is 1.17. The predicted octanol–water partition coefficient (Wildman–Crippen LogP) is 3.40. The largest absolute Gasteiger partial charge is 0.316 e. The molecule has 0 spiro atoms. The van der Waals surface area contributed by atoms with Gasteiger partial charge >= 0.3 is 0 Å². The Morgan fingerprint density at radius 2 is 2.29 bits per heavy atom. The molecule has 0 saturated carbocycles. The van der Waals surface area contributed by atoms with Crippen LogP contribution in [0.25, 0.3) is 0 Å². The van der Waals surface area contributed by atoms with Gasteiger partial charge in [0.15, 0.2) is 0 Å². The molecule has 0 fully saturated rings. The van der Waals surface area contributed by atoms with Crippen molar-refractivity contribution in [1.82, 2.24) is 10.3 Å². The predicted molar refractivity (Wildman–Crippen MR) is 78.0 cm³/mol. The molecule has 0 bridgehead atoms. The van der Waals surface area contributed by atoms with E-state index in [0.717, 1.165) is 22.4 Å². The maximum atomic E-state index is 6.12. The molecule has 0 saturated heterocycles. The fraction of sp³-hybridized carbons (Fsp3) is 0.615. The molecule has 4 heteroatoms. The van der Waals surface area contributed by atoms with Crippen molar-refractivity contribution >= 4 is 23.4 Å². The molecule has 1 aromatic heterocycles. The number of hydrogen-bond acceptors (Lipinski definition) is 3. The van der Waals surface area contributed by atoms with Gasteiger partial charge in [0.2, 0.25) is 0 Å². The van der Waals surface area contributed by atoms with Crippen LogP contribution in [-0.4, -0.2) is 29.1 Å². The van der Waals surface area contributed by atoms with E-state index in [1.807, 2.05) is 24.9 Å². The summed E-state index contributed by atoms with van der Waals surface area (Å²) >= 11 is 8.13. The summed E-state index contributed by atoms with van der Waals surface area (Å²) in [5, 5.41) is 4.84. The molecule has 0 aliphatic carbocycles. The topological polar surface area (TPSA) is 24.9 Å². The van der Waals surface area contributed by atoms with Crippen LogP contribution in [0.2, 0.25) is 5.02 Å². The number of aromatic nitrogens is 1. The number of thioether (sulfide) groups is 1. The van der Waals surface area contributed by atoms with E-state index in [-0.39, 0.29) is 0 Å². The van der Waals surface area contributed by atoms with Gasteiger partial charge in [0.05, 0.1) is 5.02 Å². The maximum absolute atomic E-state index is 6.12. The van der Waals surface area contributed by atoms with Crippen LogP contribution in [0.5, 0.6) is 0 Å². The Labute approximate surface area is 114 Å². The molecular formula is C13H21ClN2S. The standard InChI is InChI=1S/C13H21ClN2S/c1-4-10(2)17-9-12(15-3)7-11-5-6-16-8-13(11)14/h5-6,8,10,12,15H,4,7,9H2,1-3H3. The van der Waals surface area contributed by atoms with E-state index in [1.165, 1.54) is 12.0 Å². The van der Waals surface area contributed by atoms with Gasteiger partial charge < -0.3 is 5.32 Å². The van der Waals surface area contributed by atoms with E-state index >= 15 is 0 Å². The van der Waals surface area contributed by atoms with Gasteiger partial charge in [-0.25, -0.2) is 0 Å². The first kappa shape index (κ1) is 14.8. The van der Waals surface area contributed by atoms with Crippen LogP contribution in [-0.2, 0) is 6.42 Å². The van der Waals surface area contributed by atoms with E-state index in [9.17, 15) is 0 Å². The van der Waals surface area contributed by atoms with Crippen molar-refractivity contribution in [2.24, 2.45) is 0 Å². The highest BCUT2D eigenvalue weighted by Crippen LogP contribution is 2.19. The molecule has 96 valence electrons. The smallest absolute Gasteiger partial charge is 0.0621 e. The average Bonchev–Trinajstić information content (AvgIpc) is 2.36. The van der Waals surface area contributed by atoms with Crippen molar-refractivity contribution in [3.05, 3.63) is 29.0 Å². The zero-order valence-corrected chi connectivity index (χ0v) is 12.3. The lowest BCUT2D eigenvalue weighted by molar-refractivity contribution is 0.615. The lowest BCUT2D eigenvalue weighted by Gasteiger charge is -2.18. The Kier molecular flexibility index (Phi) is 6.93. The molecule has 0 aliphatic rings. The summed E-state index contributed by atoms with van der Waals surface area (Å²) in [7, 11) is 2.01. The highest BCUT2D eigenvalue weighted by Gasteiger charge is 2.11. The highest BCUT2D eigenvalue weighted by molar-refractivity contribution is 7.99. The van der Waals surface area contributed by atoms with Crippen LogP contribution in [0.15, 0.2) is 18.5 Å². The maximum Gasteiger partial charge on any atom is 0.0621 e. The molecule has 1 rings (SSSR count). The molecule has 0 aliphatic heterocycles. The number of halogens is 1. The minimum atomic E-state index is 0.467. The van der Waals surface area contributed by atoms with E-state index < -0.39 is 0 Å². The number of nitrogens with zero attached hydrogens (tertiary/aromatic N) is 1. The van der Waals surface area contributed by atoms with Crippen molar-refractivity contribution in [3.8, 4) is 0 Å². The van der Waals surface area contributed by atoms with Crippen molar-refractivity contribution in [2.75, 3.05) is 12.8 Å². The Morgan fingerprint density at radius 3 is 2.88 bits per heavy atom. The molecule has 2 atom stereocenters. The Bertz CT molecular complexity index is 333. The normalized spacial score (nSPS) is 14.6. The van der Waals surface area contributed by atoms with Crippen molar-refractivity contribution in [3.63, 3.8) is 0 Å². The molecule has 1 aromatic rings. The zero-order valence-electron chi connectivity index (χ0n) is 10.7. The summed E-state index contributed by atoms with van der Waals surface area (Å²) in [5.74, 6) is 1.12. The summed E-state index contributed by atoms with van der Waals surface area (Å²) in [6.07, 6.45) is 5.69. The van der Waals surface area contributed by atoms with Crippen LogP contribution in [0.3, 0.4) is 0 Å². The SMILES string of the molecule is CCC(C)SCC(Cc1ccncc1Cl)NC. The second-order valence-electron chi connectivity index (χ2n) is 4.21. The summed E-state index contributed by atoms with van der Waals surface area (Å²) in [6.45, 7) is 4.50.